The Kier molecular flexibility index (Phi) is 14.8. The van der Waals surface area contributed by atoms with Gasteiger partial charge in [-0.05, 0) is 0 Å². The number of hydrogen-bond acceptors (Lipinski definition) is 0. The predicted octanol–water partition coefficient (Wildman–Crippen LogP) is 2.01. The molecule has 0 aromatic carbocycles. The Balaban J connectivity index is 0. The molecule has 0 fully saturated rings. The third kappa shape index (κ3) is 8.82. The Bertz CT molecular complexity index is 11.4. The van der Waals surface area contributed by atoms with E-state index in [-0.39, 0.29) is 17.1 Å². The summed E-state index contributed by atoms with van der Waals surface area (Å²) < 4.78 is 0. The summed E-state index contributed by atoms with van der Waals surface area (Å²) in [6, 6.07) is 0. The average Bonchev–Trinajstić information content (AvgIpc) is 1.41. The van der Waals surface area contributed by atoms with Crippen molar-refractivity contribution < 1.29 is 17.1 Å². The minimum absolute atomic E-state index is 0. The molecule has 0 aliphatic rings. The van der Waals surface area contributed by atoms with Crippen LogP contribution in [0.5, 0.6) is 0 Å². The predicted molar refractivity (Wildman–Crippen MR) is 24.9 cm³/mol. The van der Waals surface area contributed by atoms with Gasteiger partial charge < -0.3 is 6.42 Å². The number of hydrogen-bond donors (Lipinski definition) is 0. The standard InChI is InChI=1S/C5H11.Mn/c1-3-5-4-2;/h3H,4-5H2,1-2H3;/q-1;. The number of unbranched alkanes of at least 4 members (excludes halogenated alkanes) is 2. The van der Waals surface area contributed by atoms with E-state index in [1.165, 1.54) is 12.8 Å². The molecule has 39 valence electrons. The second-order valence-electron chi connectivity index (χ2n) is 1.20. The molecule has 1 radical (unpaired) electrons. The van der Waals surface area contributed by atoms with E-state index in [9.17, 15) is 0 Å². The average molecular weight is 126 g/mol. The van der Waals surface area contributed by atoms with Crippen LogP contribution in [0.3, 0.4) is 0 Å². The van der Waals surface area contributed by atoms with Gasteiger partial charge in [0.25, 0.3) is 0 Å². The first kappa shape index (κ1) is 9.72. The molecule has 0 unspecified atom stereocenters. The van der Waals surface area contributed by atoms with Crippen molar-refractivity contribution >= 4 is 0 Å². The van der Waals surface area contributed by atoms with Gasteiger partial charge >= 0.3 is 0 Å². The molecule has 0 rings (SSSR count). The third-order valence-corrected chi connectivity index (χ3v) is 0.577. The summed E-state index contributed by atoms with van der Waals surface area (Å²) in [5.41, 5.74) is 0. The van der Waals surface area contributed by atoms with Crippen LogP contribution in [0.1, 0.15) is 26.7 Å². The van der Waals surface area contributed by atoms with Crippen molar-refractivity contribution in [3.8, 4) is 0 Å². The summed E-state index contributed by atoms with van der Waals surface area (Å²) in [6.07, 6.45) is 4.73. The molecule has 0 saturated carbocycles. The van der Waals surface area contributed by atoms with Crippen LogP contribution in [-0.2, 0) is 17.1 Å². The van der Waals surface area contributed by atoms with E-state index in [0.29, 0.717) is 0 Å². The molecular formula is C5H11Mn-. The molecule has 0 saturated heterocycles. The molecule has 6 heavy (non-hydrogen) atoms. The topological polar surface area (TPSA) is 0 Å². The molecular weight excluding hydrogens is 115 g/mol. The fourth-order valence-electron chi connectivity index (χ4n) is 0.289. The largest absolute Gasteiger partial charge is 0.332 e. The molecule has 0 heterocycles. The van der Waals surface area contributed by atoms with Crippen LogP contribution in [0.15, 0.2) is 0 Å². The fraction of sp³-hybridized carbons (Fsp3) is 0.800. The first-order chi connectivity index (χ1) is 2.41. The second-order valence-corrected chi connectivity index (χ2v) is 1.20. The van der Waals surface area contributed by atoms with Crippen LogP contribution in [0.4, 0.5) is 0 Å². The van der Waals surface area contributed by atoms with Crippen LogP contribution in [0, 0.1) is 6.42 Å². The summed E-state index contributed by atoms with van der Waals surface area (Å²) in [6.45, 7) is 4.27. The molecule has 0 amide bonds. The van der Waals surface area contributed by atoms with E-state index in [1.807, 2.05) is 0 Å². The molecule has 0 spiro atoms. The molecule has 0 atom stereocenters. The summed E-state index contributed by atoms with van der Waals surface area (Å²) in [7, 11) is 0. The van der Waals surface area contributed by atoms with Gasteiger partial charge in [0, 0.05) is 17.1 Å². The van der Waals surface area contributed by atoms with Crippen molar-refractivity contribution in [2.24, 2.45) is 0 Å². The Labute approximate surface area is 50.8 Å². The van der Waals surface area contributed by atoms with Crippen LogP contribution in [0.25, 0.3) is 0 Å². The number of rotatable bonds is 2. The molecule has 0 N–H and O–H groups in total. The summed E-state index contributed by atoms with van der Waals surface area (Å²) in [4.78, 5) is 0. The molecule has 1 heteroatoms. The van der Waals surface area contributed by atoms with Crippen molar-refractivity contribution in [3.05, 3.63) is 6.42 Å². The van der Waals surface area contributed by atoms with Crippen molar-refractivity contribution in [2.75, 3.05) is 0 Å². The SMILES string of the molecule is C[CH-]CCC.[Mn]. The van der Waals surface area contributed by atoms with E-state index in [2.05, 4.69) is 20.3 Å². The van der Waals surface area contributed by atoms with E-state index in [0.717, 1.165) is 0 Å². The van der Waals surface area contributed by atoms with Crippen molar-refractivity contribution in [1.82, 2.24) is 0 Å². The van der Waals surface area contributed by atoms with Gasteiger partial charge in [0.1, 0.15) is 0 Å². The maximum absolute atomic E-state index is 2.18. The van der Waals surface area contributed by atoms with Gasteiger partial charge in [-0.15, -0.1) is 0 Å². The van der Waals surface area contributed by atoms with E-state index in [1.54, 1.807) is 0 Å². The molecule has 0 nitrogen and oxygen atoms in total. The maximum Gasteiger partial charge on any atom is 0 e. The van der Waals surface area contributed by atoms with E-state index < -0.39 is 0 Å². The Morgan fingerprint density at radius 1 is 1.50 bits per heavy atom. The third-order valence-electron chi connectivity index (χ3n) is 0.577. The van der Waals surface area contributed by atoms with Crippen molar-refractivity contribution in [3.63, 3.8) is 0 Å². The molecule has 0 aromatic rings. The Hall–Kier alpha value is 0.519. The van der Waals surface area contributed by atoms with Crippen LogP contribution >= 0.6 is 0 Å². The normalized spacial score (nSPS) is 7.00. The van der Waals surface area contributed by atoms with Crippen LogP contribution in [0.2, 0.25) is 0 Å². The van der Waals surface area contributed by atoms with Crippen LogP contribution in [-0.4, -0.2) is 0 Å². The zero-order chi connectivity index (χ0) is 4.12. The molecule has 0 bridgehead atoms. The quantitative estimate of drug-likeness (QED) is 0.392. The van der Waals surface area contributed by atoms with Gasteiger partial charge in [-0.3, -0.25) is 0 Å². The van der Waals surface area contributed by atoms with E-state index in [4.69, 9.17) is 0 Å². The van der Waals surface area contributed by atoms with Crippen LogP contribution < -0.4 is 0 Å². The van der Waals surface area contributed by atoms with Gasteiger partial charge in [0.2, 0.25) is 0 Å². The minimum Gasteiger partial charge on any atom is -0.332 e. The molecule has 0 aliphatic heterocycles. The maximum atomic E-state index is 2.18. The van der Waals surface area contributed by atoms with Gasteiger partial charge in [-0.2, -0.15) is 13.3 Å². The van der Waals surface area contributed by atoms with Gasteiger partial charge in [0.15, 0.2) is 0 Å². The summed E-state index contributed by atoms with van der Waals surface area (Å²) in [5.74, 6) is 0. The zero-order valence-corrected chi connectivity index (χ0v) is 5.55. The monoisotopic (exact) mass is 126 g/mol. The second kappa shape index (κ2) is 9.10. The first-order valence-electron chi connectivity index (χ1n) is 2.19. The molecule has 0 aliphatic carbocycles. The Morgan fingerprint density at radius 2 is 2.00 bits per heavy atom. The fourth-order valence-corrected chi connectivity index (χ4v) is 0.289. The van der Waals surface area contributed by atoms with Gasteiger partial charge in [-0.25, -0.2) is 0 Å². The summed E-state index contributed by atoms with van der Waals surface area (Å²) >= 11 is 0. The smallest absolute Gasteiger partial charge is 0 e. The minimum atomic E-state index is 0. The van der Waals surface area contributed by atoms with Gasteiger partial charge in [-0.1, -0.05) is 13.3 Å². The van der Waals surface area contributed by atoms with Crippen molar-refractivity contribution in [2.45, 2.75) is 26.7 Å². The van der Waals surface area contributed by atoms with Crippen molar-refractivity contribution in [1.29, 1.82) is 0 Å². The molecule has 0 aromatic heterocycles. The van der Waals surface area contributed by atoms with Gasteiger partial charge in [0.05, 0.1) is 0 Å². The Morgan fingerprint density at radius 3 is 2.00 bits per heavy atom. The summed E-state index contributed by atoms with van der Waals surface area (Å²) in [5, 5.41) is 0. The van der Waals surface area contributed by atoms with E-state index >= 15 is 0 Å². The first-order valence-corrected chi connectivity index (χ1v) is 2.19. The zero-order valence-electron chi connectivity index (χ0n) is 4.37.